The summed E-state index contributed by atoms with van der Waals surface area (Å²) in [6.45, 7) is 4.18. The maximum atomic E-state index is 12.9. The molecule has 2 aliphatic heterocycles. The van der Waals surface area contributed by atoms with Crippen LogP contribution in [0.3, 0.4) is 0 Å². The van der Waals surface area contributed by atoms with Gasteiger partial charge in [-0.05, 0) is 44.4 Å². The van der Waals surface area contributed by atoms with E-state index in [-0.39, 0.29) is 55.1 Å². The van der Waals surface area contributed by atoms with Gasteiger partial charge in [0.1, 0.15) is 24.2 Å². The fourth-order valence-electron chi connectivity index (χ4n) is 4.72. The fraction of sp³-hybridized carbons (Fsp3) is 0.464. The number of likely N-dealkylation sites (tertiary alicyclic amines) is 1. The number of piperidine rings is 1. The first-order valence-corrected chi connectivity index (χ1v) is 13.5. The summed E-state index contributed by atoms with van der Waals surface area (Å²) in [6.07, 6.45) is -3.30. The Bertz CT molecular complexity index is 1290. The third-order valence-electron chi connectivity index (χ3n) is 6.94. The van der Waals surface area contributed by atoms with Crippen LogP contribution in [0.5, 0.6) is 5.75 Å². The molecule has 4 amide bonds. The van der Waals surface area contributed by atoms with Gasteiger partial charge in [-0.15, -0.1) is 0 Å². The Labute approximate surface area is 240 Å². The number of cyclic esters (lactones) is 1. The number of ether oxygens (including phenoxy) is 2. The molecular formula is C28H32F3N5O6. The zero-order valence-electron chi connectivity index (χ0n) is 23.1. The number of carbonyl (C=O) groups excluding carboxylic acids is 4. The highest BCUT2D eigenvalue weighted by atomic mass is 19.4. The number of nitrogens with zero attached hydrogens (tertiary/aromatic N) is 2. The molecule has 14 heteroatoms. The number of aromatic nitrogens is 1. The van der Waals surface area contributed by atoms with E-state index in [1.54, 1.807) is 29.2 Å². The SMILES string of the molecule is Cc1ccc(C(Oc2ccc(C(=O)N[C@H]3CCCN(C(=O)N[C@H]4COC(=O)C4)C3)nc2)C(C)NC(=O)C(F)(F)F)cc1. The zero-order chi connectivity index (χ0) is 30.4. The first-order valence-electron chi connectivity index (χ1n) is 13.5. The average molecular weight is 592 g/mol. The maximum absolute atomic E-state index is 12.9. The highest BCUT2D eigenvalue weighted by Gasteiger charge is 2.40. The van der Waals surface area contributed by atoms with Crippen LogP contribution in [0, 0.1) is 6.92 Å². The summed E-state index contributed by atoms with van der Waals surface area (Å²) in [5.74, 6) is -2.73. The van der Waals surface area contributed by atoms with Crippen molar-refractivity contribution in [2.75, 3.05) is 19.7 Å². The monoisotopic (exact) mass is 591 g/mol. The maximum Gasteiger partial charge on any atom is 0.471 e. The molecule has 2 saturated heterocycles. The van der Waals surface area contributed by atoms with Gasteiger partial charge in [-0.25, -0.2) is 9.78 Å². The normalized spacial score (nSPS) is 20.2. The van der Waals surface area contributed by atoms with Gasteiger partial charge in [0.05, 0.1) is 24.7 Å². The molecule has 11 nitrogen and oxygen atoms in total. The number of halogens is 3. The molecule has 1 aromatic carbocycles. The minimum absolute atomic E-state index is 0.0795. The highest BCUT2D eigenvalue weighted by Crippen LogP contribution is 2.26. The summed E-state index contributed by atoms with van der Waals surface area (Å²) in [4.78, 5) is 54.0. The molecule has 1 aromatic heterocycles. The summed E-state index contributed by atoms with van der Waals surface area (Å²) in [6, 6.07) is 7.73. The first-order chi connectivity index (χ1) is 19.9. The van der Waals surface area contributed by atoms with Crippen molar-refractivity contribution in [1.82, 2.24) is 25.8 Å². The lowest BCUT2D eigenvalue weighted by Crippen LogP contribution is -2.53. The lowest BCUT2D eigenvalue weighted by atomic mass is 10.0. The molecule has 4 atom stereocenters. The van der Waals surface area contributed by atoms with Crippen LogP contribution in [0.2, 0.25) is 0 Å². The van der Waals surface area contributed by atoms with Gasteiger partial charge in [-0.3, -0.25) is 14.4 Å². The lowest BCUT2D eigenvalue weighted by molar-refractivity contribution is -0.174. The number of esters is 1. The molecule has 2 aliphatic rings. The Morgan fingerprint density at radius 1 is 1.10 bits per heavy atom. The minimum atomic E-state index is -5.05. The van der Waals surface area contributed by atoms with Crippen molar-refractivity contribution in [3.63, 3.8) is 0 Å². The molecule has 2 aromatic rings. The van der Waals surface area contributed by atoms with E-state index in [2.05, 4.69) is 15.6 Å². The lowest BCUT2D eigenvalue weighted by Gasteiger charge is -2.33. The molecule has 0 saturated carbocycles. The van der Waals surface area contributed by atoms with E-state index in [1.165, 1.54) is 25.3 Å². The number of pyridine rings is 1. The number of amides is 4. The number of hydrogen-bond acceptors (Lipinski definition) is 7. The summed E-state index contributed by atoms with van der Waals surface area (Å²) in [7, 11) is 0. The van der Waals surface area contributed by atoms with Gasteiger partial charge < -0.3 is 30.3 Å². The van der Waals surface area contributed by atoms with Gasteiger partial charge in [-0.1, -0.05) is 29.8 Å². The highest BCUT2D eigenvalue weighted by molar-refractivity contribution is 5.92. The number of urea groups is 1. The number of hydrogen-bond donors (Lipinski definition) is 3. The van der Waals surface area contributed by atoms with Crippen LogP contribution >= 0.6 is 0 Å². The summed E-state index contributed by atoms with van der Waals surface area (Å²) in [5.41, 5.74) is 1.55. The van der Waals surface area contributed by atoms with Gasteiger partial charge >= 0.3 is 24.1 Å². The van der Waals surface area contributed by atoms with Crippen LogP contribution in [0.1, 0.15) is 53.9 Å². The molecule has 0 radical (unpaired) electrons. The molecule has 4 rings (SSSR count). The fourth-order valence-corrected chi connectivity index (χ4v) is 4.72. The number of rotatable bonds is 8. The van der Waals surface area contributed by atoms with E-state index >= 15 is 0 Å². The van der Waals surface area contributed by atoms with Crippen LogP contribution in [0.4, 0.5) is 18.0 Å². The van der Waals surface area contributed by atoms with Gasteiger partial charge in [0.2, 0.25) is 0 Å². The van der Waals surface area contributed by atoms with Crippen LogP contribution in [0.15, 0.2) is 42.6 Å². The van der Waals surface area contributed by atoms with E-state index in [4.69, 9.17) is 9.47 Å². The van der Waals surface area contributed by atoms with Crippen LogP contribution in [0.25, 0.3) is 0 Å². The average Bonchev–Trinajstić information content (AvgIpc) is 3.36. The summed E-state index contributed by atoms with van der Waals surface area (Å²) in [5, 5.41) is 7.57. The van der Waals surface area contributed by atoms with Gasteiger partial charge in [0.25, 0.3) is 5.91 Å². The summed E-state index contributed by atoms with van der Waals surface area (Å²) >= 11 is 0. The van der Waals surface area contributed by atoms with Gasteiger partial charge in [-0.2, -0.15) is 13.2 Å². The Hall–Kier alpha value is -4.36. The topological polar surface area (TPSA) is 139 Å². The second-order valence-electron chi connectivity index (χ2n) is 10.4. The van der Waals surface area contributed by atoms with Crippen LogP contribution in [-0.4, -0.2) is 77.7 Å². The van der Waals surface area contributed by atoms with Crippen molar-refractivity contribution in [1.29, 1.82) is 0 Å². The third-order valence-corrected chi connectivity index (χ3v) is 6.94. The van der Waals surface area contributed by atoms with E-state index < -0.39 is 30.1 Å². The van der Waals surface area contributed by atoms with E-state index in [0.717, 1.165) is 5.56 Å². The Balaban J connectivity index is 1.36. The van der Waals surface area contributed by atoms with E-state index in [1.807, 2.05) is 12.2 Å². The van der Waals surface area contributed by atoms with Gasteiger partial charge in [0, 0.05) is 19.1 Å². The van der Waals surface area contributed by atoms with Gasteiger partial charge in [0.15, 0.2) is 0 Å². The van der Waals surface area contributed by atoms with Crippen molar-refractivity contribution in [3.05, 3.63) is 59.4 Å². The zero-order valence-corrected chi connectivity index (χ0v) is 23.1. The Morgan fingerprint density at radius 2 is 1.83 bits per heavy atom. The van der Waals surface area contributed by atoms with Crippen molar-refractivity contribution in [3.8, 4) is 5.75 Å². The number of aryl methyl sites for hydroxylation is 1. The Morgan fingerprint density at radius 3 is 2.45 bits per heavy atom. The molecule has 0 aliphatic carbocycles. The minimum Gasteiger partial charge on any atom is -0.482 e. The molecule has 226 valence electrons. The predicted molar refractivity (Wildman–Crippen MR) is 142 cm³/mol. The number of nitrogens with one attached hydrogen (secondary N) is 3. The predicted octanol–water partition coefficient (Wildman–Crippen LogP) is 2.80. The standard InChI is InChI=1S/C28H32F3N5O6/c1-16-5-7-18(8-6-16)24(17(2)33-26(39)28(29,30)31)42-21-9-10-22(32-13-21)25(38)34-19-4-3-11-36(14-19)27(40)35-20-12-23(37)41-15-20/h5-10,13,17,19-20,24H,3-4,11-12,14-15H2,1-2H3,(H,33,39)(H,34,38)(H,35,40)/t17?,19-,20+,24?/m0/s1. The quantitative estimate of drug-likeness (QED) is 0.402. The van der Waals surface area contributed by atoms with E-state index in [0.29, 0.717) is 24.9 Å². The molecular weight excluding hydrogens is 559 g/mol. The smallest absolute Gasteiger partial charge is 0.471 e. The molecule has 2 fully saturated rings. The number of alkyl halides is 3. The van der Waals surface area contributed by atoms with Crippen molar-refractivity contribution >= 4 is 23.8 Å². The molecule has 3 heterocycles. The second kappa shape index (κ2) is 13.1. The molecule has 2 unspecified atom stereocenters. The van der Waals surface area contributed by atoms with Crippen LogP contribution < -0.4 is 20.7 Å². The van der Waals surface area contributed by atoms with E-state index in [9.17, 15) is 32.3 Å². The first kappa shape index (κ1) is 30.6. The molecule has 3 N–H and O–H groups in total. The van der Waals surface area contributed by atoms with Crippen molar-refractivity contribution in [2.24, 2.45) is 0 Å². The van der Waals surface area contributed by atoms with Crippen molar-refractivity contribution < 1.29 is 41.8 Å². The Kier molecular flexibility index (Phi) is 9.53. The van der Waals surface area contributed by atoms with Crippen LogP contribution in [-0.2, 0) is 14.3 Å². The molecule has 0 bridgehead atoms. The third kappa shape index (κ3) is 8.10. The molecule has 0 spiro atoms. The number of benzene rings is 1. The molecule has 42 heavy (non-hydrogen) atoms. The second-order valence-corrected chi connectivity index (χ2v) is 10.4. The largest absolute Gasteiger partial charge is 0.482 e. The number of carbonyl (C=O) groups is 4. The van der Waals surface area contributed by atoms with Crippen molar-refractivity contribution in [2.45, 2.75) is 63.5 Å². The summed E-state index contributed by atoms with van der Waals surface area (Å²) < 4.78 is 49.4.